The Bertz CT molecular complexity index is 646. The number of nitrogens with zero attached hydrogens (tertiary/aromatic N) is 2. The maximum absolute atomic E-state index is 12.5. The van der Waals surface area contributed by atoms with Gasteiger partial charge >= 0.3 is 0 Å². The quantitative estimate of drug-likeness (QED) is 0.468. The van der Waals surface area contributed by atoms with Crippen molar-refractivity contribution in [3.05, 3.63) is 34.7 Å². The zero-order valence-electron chi connectivity index (χ0n) is 11.1. The fourth-order valence-corrected chi connectivity index (χ4v) is 4.00. The summed E-state index contributed by atoms with van der Waals surface area (Å²) in [7, 11) is 0. The predicted octanol–water partition coefficient (Wildman–Crippen LogP) is 2.57. The Morgan fingerprint density at radius 3 is 2.24 bits per heavy atom. The van der Waals surface area contributed by atoms with Crippen LogP contribution in [0.2, 0.25) is 0 Å². The minimum Gasteiger partial charge on any atom is -0.448 e. The van der Waals surface area contributed by atoms with Crippen LogP contribution in [0.4, 0.5) is 0 Å². The average molecular weight is 349 g/mol. The highest BCUT2D eigenvalue weighted by Gasteiger charge is 2.56. The summed E-state index contributed by atoms with van der Waals surface area (Å²) in [6.07, 6.45) is 7.58. The number of amides is 2. The van der Waals surface area contributed by atoms with Crippen LogP contribution in [0, 0.1) is 23.7 Å². The van der Waals surface area contributed by atoms with Gasteiger partial charge in [0.1, 0.15) is 5.76 Å². The van der Waals surface area contributed by atoms with Gasteiger partial charge in [-0.2, -0.15) is 10.1 Å². The topological polar surface area (TPSA) is 62.9 Å². The summed E-state index contributed by atoms with van der Waals surface area (Å²) in [5, 5.41) is 5.09. The highest BCUT2D eigenvalue weighted by atomic mass is 79.9. The molecule has 1 aromatic rings. The smallest absolute Gasteiger partial charge is 0.254 e. The predicted molar refractivity (Wildman–Crippen MR) is 78.2 cm³/mol. The van der Waals surface area contributed by atoms with Gasteiger partial charge in [0.2, 0.25) is 0 Å². The zero-order valence-corrected chi connectivity index (χ0v) is 12.7. The van der Waals surface area contributed by atoms with Gasteiger partial charge in [-0.05, 0) is 52.7 Å². The number of hydrazone groups is 1. The number of rotatable bonds is 2. The first-order chi connectivity index (χ1) is 10.1. The van der Waals surface area contributed by atoms with Gasteiger partial charge in [0, 0.05) is 0 Å². The molecule has 5 rings (SSSR count). The van der Waals surface area contributed by atoms with Crippen molar-refractivity contribution in [1.82, 2.24) is 5.01 Å². The Labute approximate surface area is 129 Å². The van der Waals surface area contributed by atoms with E-state index in [0.29, 0.717) is 10.4 Å². The summed E-state index contributed by atoms with van der Waals surface area (Å²) >= 11 is 3.20. The van der Waals surface area contributed by atoms with E-state index in [0.717, 1.165) is 17.9 Å². The normalized spacial score (nSPS) is 34.2. The van der Waals surface area contributed by atoms with Crippen LogP contribution in [-0.2, 0) is 9.59 Å². The molecule has 2 bridgehead atoms. The maximum Gasteiger partial charge on any atom is 0.254 e. The number of halogens is 1. The molecule has 4 unspecified atom stereocenters. The molecule has 5 nitrogen and oxygen atoms in total. The molecule has 1 aromatic heterocycles. The Balaban J connectivity index is 1.62. The largest absolute Gasteiger partial charge is 0.448 e. The molecular formula is C15H13BrN2O3. The van der Waals surface area contributed by atoms with Gasteiger partial charge in [-0.25, -0.2) is 0 Å². The highest BCUT2D eigenvalue weighted by Crippen LogP contribution is 2.49. The van der Waals surface area contributed by atoms with E-state index in [1.807, 2.05) is 0 Å². The number of hydrogen-bond acceptors (Lipinski definition) is 4. The summed E-state index contributed by atoms with van der Waals surface area (Å²) in [6, 6.07) is 3.45. The molecular weight excluding hydrogens is 336 g/mol. The monoisotopic (exact) mass is 348 g/mol. The van der Waals surface area contributed by atoms with Crippen molar-refractivity contribution in [3.8, 4) is 0 Å². The second-order valence-electron chi connectivity index (χ2n) is 5.72. The number of allylic oxidation sites excluding steroid dienone is 2. The second kappa shape index (κ2) is 4.66. The molecule has 1 saturated carbocycles. The van der Waals surface area contributed by atoms with Crippen molar-refractivity contribution in [3.63, 3.8) is 0 Å². The molecule has 1 aliphatic heterocycles. The average Bonchev–Trinajstić information content (AvgIpc) is 3.03. The fraction of sp³-hybridized carbons (Fsp3) is 0.400. The van der Waals surface area contributed by atoms with Gasteiger partial charge in [-0.1, -0.05) is 12.2 Å². The van der Waals surface area contributed by atoms with Crippen molar-refractivity contribution >= 4 is 34.0 Å². The molecule has 4 aliphatic rings. The SMILES string of the molecule is O=C1C2C3C=CC(CC3)C2C(=O)N1N=Cc1ccc(Br)o1. The molecule has 0 spiro atoms. The third kappa shape index (κ3) is 1.92. The highest BCUT2D eigenvalue weighted by molar-refractivity contribution is 9.10. The standard InChI is InChI=1S/C15H13BrN2O3/c16-11-6-5-10(21-11)7-17-18-14(19)12-8-1-2-9(4-3-8)13(12)15(18)20/h1-2,5-9,12-13H,3-4H2. The van der Waals surface area contributed by atoms with E-state index in [9.17, 15) is 9.59 Å². The van der Waals surface area contributed by atoms with Crippen molar-refractivity contribution in [1.29, 1.82) is 0 Å². The van der Waals surface area contributed by atoms with E-state index in [-0.39, 0.29) is 35.5 Å². The summed E-state index contributed by atoms with van der Waals surface area (Å²) in [6.45, 7) is 0. The first kappa shape index (κ1) is 13.0. The molecule has 3 aliphatic carbocycles. The molecule has 2 fully saturated rings. The van der Waals surface area contributed by atoms with Crippen molar-refractivity contribution < 1.29 is 14.0 Å². The number of hydrogen-bond donors (Lipinski definition) is 0. The van der Waals surface area contributed by atoms with Crippen LogP contribution >= 0.6 is 15.9 Å². The zero-order chi connectivity index (χ0) is 14.6. The van der Waals surface area contributed by atoms with Crippen LogP contribution in [0.15, 0.2) is 38.5 Å². The number of carbonyl (C=O) groups excluding carboxylic acids is 2. The molecule has 2 heterocycles. The fourth-order valence-electron chi connectivity index (χ4n) is 3.68. The Hall–Kier alpha value is -1.69. The van der Waals surface area contributed by atoms with Gasteiger partial charge in [-0.3, -0.25) is 9.59 Å². The molecule has 4 atom stereocenters. The minimum absolute atomic E-state index is 0.175. The molecule has 21 heavy (non-hydrogen) atoms. The maximum atomic E-state index is 12.5. The number of carbonyl (C=O) groups is 2. The number of imide groups is 1. The van der Waals surface area contributed by atoms with Crippen LogP contribution in [0.25, 0.3) is 0 Å². The second-order valence-corrected chi connectivity index (χ2v) is 6.50. The van der Waals surface area contributed by atoms with Crippen LogP contribution in [0.5, 0.6) is 0 Å². The first-order valence-electron chi connectivity index (χ1n) is 7.00. The summed E-state index contributed by atoms with van der Waals surface area (Å²) in [5.41, 5.74) is 0. The lowest BCUT2D eigenvalue weighted by Crippen LogP contribution is -2.38. The van der Waals surface area contributed by atoms with E-state index in [1.54, 1.807) is 12.1 Å². The Kier molecular flexibility index (Phi) is 2.89. The van der Waals surface area contributed by atoms with E-state index in [4.69, 9.17) is 4.42 Å². The number of fused-ring (bicyclic) bond motifs is 1. The molecule has 2 amide bonds. The summed E-state index contributed by atoms with van der Waals surface area (Å²) in [5.74, 6) is 0.0857. The van der Waals surface area contributed by atoms with Crippen LogP contribution in [0.1, 0.15) is 18.6 Å². The van der Waals surface area contributed by atoms with E-state index < -0.39 is 0 Å². The molecule has 108 valence electrons. The molecule has 0 N–H and O–H groups in total. The summed E-state index contributed by atoms with van der Waals surface area (Å²) in [4.78, 5) is 25.0. The molecule has 6 heteroatoms. The minimum atomic E-state index is -0.221. The van der Waals surface area contributed by atoms with Gasteiger partial charge in [0.05, 0.1) is 18.1 Å². The van der Waals surface area contributed by atoms with Crippen LogP contribution in [-0.4, -0.2) is 23.0 Å². The third-order valence-electron chi connectivity index (χ3n) is 4.63. The van der Waals surface area contributed by atoms with E-state index >= 15 is 0 Å². The summed E-state index contributed by atoms with van der Waals surface area (Å²) < 4.78 is 5.88. The van der Waals surface area contributed by atoms with Gasteiger partial charge < -0.3 is 4.42 Å². The lowest BCUT2D eigenvalue weighted by Gasteiger charge is -2.37. The molecule has 0 radical (unpaired) electrons. The van der Waals surface area contributed by atoms with Crippen LogP contribution < -0.4 is 0 Å². The van der Waals surface area contributed by atoms with E-state index in [2.05, 4.69) is 33.2 Å². The first-order valence-corrected chi connectivity index (χ1v) is 7.80. The lowest BCUT2D eigenvalue weighted by atomic mass is 9.63. The number of furan rings is 1. The Morgan fingerprint density at radius 1 is 1.14 bits per heavy atom. The molecule has 1 saturated heterocycles. The third-order valence-corrected chi connectivity index (χ3v) is 5.06. The lowest BCUT2D eigenvalue weighted by molar-refractivity contribution is -0.140. The van der Waals surface area contributed by atoms with Crippen molar-refractivity contribution in [2.75, 3.05) is 0 Å². The van der Waals surface area contributed by atoms with Crippen molar-refractivity contribution in [2.45, 2.75) is 12.8 Å². The van der Waals surface area contributed by atoms with Crippen molar-refractivity contribution in [2.24, 2.45) is 28.8 Å². The van der Waals surface area contributed by atoms with E-state index in [1.165, 1.54) is 6.21 Å². The van der Waals surface area contributed by atoms with Gasteiger partial charge in [0.15, 0.2) is 4.67 Å². The molecule has 0 aromatic carbocycles. The van der Waals surface area contributed by atoms with Gasteiger partial charge in [-0.15, -0.1) is 0 Å². The van der Waals surface area contributed by atoms with Gasteiger partial charge in [0.25, 0.3) is 11.8 Å². The Morgan fingerprint density at radius 2 is 1.76 bits per heavy atom. The van der Waals surface area contributed by atoms with Crippen LogP contribution in [0.3, 0.4) is 0 Å².